The van der Waals surface area contributed by atoms with Gasteiger partial charge in [0.05, 0.1) is 0 Å². The Kier molecular flexibility index (Phi) is 4.58. The zero-order valence-electron chi connectivity index (χ0n) is 8.13. The third-order valence-electron chi connectivity index (χ3n) is 1.70. The molecule has 1 aromatic rings. The molecule has 1 rings (SSSR count). The third kappa shape index (κ3) is 4.51. The van der Waals surface area contributed by atoms with Gasteiger partial charge in [-0.25, -0.2) is 0 Å². The normalized spacial score (nSPS) is 9.88. The summed E-state index contributed by atoms with van der Waals surface area (Å²) >= 11 is 11.4. The minimum atomic E-state index is -1.26. The third-order valence-corrected chi connectivity index (χ3v) is 2.14. The van der Waals surface area contributed by atoms with Crippen molar-refractivity contribution in [3.63, 3.8) is 0 Å². The highest BCUT2D eigenvalue weighted by atomic mass is 35.5. The van der Waals surface area contributed by atoms with Crippen molar-refractivity contribution in [2.75, 3.05) is 5.32 Å². The molecule has 4 nitrogen and oxygen atoms in total. The Labute approximate surface area is 102 Å². The molecule has 16 heavy (non-hydrogen) atoms. The summed E-state index contributed by atoms with van der Waals surface area (Å²) < 4.78 is 0. The highest BCUT2D eigenvalue weighted by Gasteiger charge is 2.04. The number of amides is 1. The maximum Gasteiger partial charge on any atom is 0.224 e. The van der Waals surface area contributed by atoms with Gasteiger partial charge >= 0.3 is 0 Å². The van der Waals surface area contributed by atoms with Crippen LogP contribution in [0.1, 0.15) is 12.8 Å². The van der Waals surface area contributed by atoms with Gasteiger partial charge in [-0.3, -0.25) is 4.79 Å². The Balaban J connectivity index is 2.59. The molecule has 0 aliphatic carbocycles. The summed E-state index contributed by atoms with van der Waals surface area (Å²) in [6, 6.07) is 4.56. The van der Waals surface area contributed by atoms with Gasteiger partial charge < -0.3 is 15.2 Å². The second kappa shape index (κ2) is 5.72. The number of aliphatic carboxylic acids is 1. The zero-order chi connectivity index (χ0) is 12.1. The number of carbonyl (C=O) groups excluding carboxylic acids is 2. The second-order valence-electron chi connectivity index (χ2n) is 3.08. The van der Waals surface area contributed by atoms with E-state index in [0.717, 1.165) is 0 Å². The van der Waals surface area contributed by atoms with E-state index in [2.05, 4.69) is 5.32 Å². The van der Waals surface area contributed by atoms with Crippen molar-refractivity contribution in [3.05, 3.63) is 28.2 Å². The Morgan fingerprint density at radius 3 is 2.19 bits per heavy atom. The van der Waals surface area contributed by atoms with E-state index >= 15 is 0 Å². The summed E-state index contributed by atoms with van der Waals surface area (Å²) in [5, 5.41) is 13.4. The molecule has 0 aromatic heterocycles. The molecule has 1 amide bonds. The van der Waals surface area contributed by atoms with Gasteiger partial charge in [-0.1, -0.05) is 23.2 Å². The van der Waals surface area contributed by atoms with Gasteiger partial charge in [0.2, 0.25) is 5.91 Å². The number of halogens is 2. The molecule has 0 aliphatic heterocycles. The number of benzene rings is 1. The van der Waals surface area contributed by atoms with E-state index < -0.39 is 11.9 Å². The lowest BCUT2D eigenvalue weighted by Crippen LogP contribution is -2.24. The Morgan fingerprint density at radius 1 is 1.12 bits per heavy atom. The second-order valence-corrected chi connectivity index (χ2v) is 3.95. The lowest BCUT2D eigenvalue weighted by Gasteiger charge is -2.06. The van der Waals surface area contributed by atoms with Crippen molar-refractivity contribution in [1.29, 1.82) is 0 Å². The molecule has 0 saturated carbocycles. The fraction of sp³-hybridized carbons (Fsp3) is 0.200. The summed E-state index contributed by atoms with van der Waals surface area (Å²) in [6.07, 6.45) is -0.466. The first-order valence-electron chi connectivity index (χ1n) is 4.43. The number of carboxylic acid groups (broad SMARTS) is 1. The van der Waals surface area contributed by atoms with E-state index in [4.69, 9.17) is 23.2 Å². The van der Waals surface area contributed by atoms with Crippen molar-refractivity contribution >= 4 is 40.8 Å². The number of anilines is 1. The maximum atomic E-state index is 11.3. The molecular weight excluding hydrogens is 253 g/mol. The van der Waals surface area contributed by atoms with Crippen molar-refractivity contribution in [2.24, 2.45) is 0 Å². The first-order chi connectivity index (χ1) is 7.47. The van der Waals surface area contributed by atoms with Crippen LogP contribution in [0.2, 0.25) is 10.0 Å². The number of rotatable bonds is 4. The fourth-order valence-electron chi connectivity index (χ4n) is 1.07. The Morgan fingerprint density at radius 2 is 1.69 bits per heavy atom. The molecule has 1 N–H and O–H groups in total. The summed E-state index contributed by atoms with van der Waals surface area (Å²) in [7, 11) is 0. The van der Waals surface area contributed by atoms with Gasteiger partial charge in [0.15, 0.2) is 0 Å². The molecule has 1 aromatic carbocycles. The van der Waals surface area contributed by atoms with Crippen LogP contribution in [0.15, 0.2) is 18.2 Å². The number of hydrogen-bond acceptors (Lipinski definition) is 3. The summed E-state index contributed by atoms with van der Waals surface area (Å²) in [5.74, 6) is -1.69. The monoisotopic (exact) mass is 260 g/mol. The van der Waals surface area contributed by atoms with Crippen LogP contribution in [-0.2, 0) is 9.59 Å². The molecule has 0 fully saturated rings. The van der Waals surface area contributed by atoms with Crippen LogP contribution >= 0.6 is 23.2 Å². The quantitative estimate of drug-likeness (QED) is 0.892. The topological polar surface area (TPSA) is 69.2 Å². The highest BCUT2D eigenvalue weighted by molar-refractivity contribution is 6.35. The van der Waals surface area contributed by atoms with Crippen LogP contribution in [-0.4, -0.2) is 11.9 Å². The van der Waals surface area contributed by atoms with Crippen molar-refractivity contribution < 1.29 is 14.7 Å². The fourth-order valence-corrected chi connectivity index (χ4v) is 1.59. The molecule has 0 spiro atoms. The van der Waals surface area contributed by atoms with Crippen LogP contribution in [0, 0.1) is 0 Å². The van der Waals surface area contributed by atoms with Crippen molar-refractivity contribution in [2.45, 2.75) is 12.8 Å². The average Bonchev–Trinajstić information content (AvgIpc) is 2.12. The molecule has 0 heterocycles. The largest absolute Gasteiger partial charge is 0.550 e. The molecule has 0 aliphatic rings. The number of hydrogen-bond donors (Lipinski definition) is 1. The minimum absolute atomic E-state index is 0.146. The predicted molar refractivity (Wildman–Crippen MR) is 59.3 cm³/mol. The van der Waals surface area contributed by atoms with E-state index in [0.29, 0.717) is 15.7 Å². The van der Waals surface area contributed by atoms with Gasteiger partial charge in [-0.2, -0.15) is 0 Å². The first-order valence-corrected chi connectivity index (χ1v) is 5.19. The van der Waals surface area contributed by atoms with Crippen LogP contribution in [0.25, 0.3) is 0 Å². The first kappa shape index (κ1) is 12.8. The smallest absolute Gasteiger partial charge is 0.224 e. The van der Waals surface area contributed by atoms with Crippen LogP contribution in [0.5, 0.6) is 0 Å². The van der Waals surface area contributed by atoms with E-state index in [1.54, 1.807) is 0 Å². The molecule has 0 unspecified atom stereocenters. The molecule has 0 atom stereocenters. The van der Waals surface area contributed by atoms with Crippen molar-refractivity contribution in [1.82, 2.24) is 0 Å². The highest BCUT2D eigenvalue weighted by Crippen LogP contribution is 2.22. The van der Waals surface area contributed by atoms with Crippen LogP contribution in [0.3, 0.4) is 0 Å². The maximum absolute atomic E-state index is 11.3. The summed E-state index contributed by atoms with van der Waals surface area (Å²) in [4.78, 5) is 21.4. The molecule has 0 radical (unpaired) electrons. The van der Waals surface area contributed by atoms with Gasteiger partial charge in [-0.15, -0.1) is 0 Å². The SMILES string of the molecule is O=C([O-])CCC(=O)Nc1cc(Cl)cc(Cl)c1. The lowest BCUT2D eigenvalue weighted by molar-refractivity contribution is -0.305. The number of carbonyl (C=O) groups is 2. The van der Waals surface area contributed by atoms with E-state index in [1.807, 2.05) is 0 Å². The van der Waals surface area contributed by atoms with Gasteiger partial charge in [0.1, 0.15) is 0 Å². The molecule has 0 saturated heterocycles. The lowest BCUT2D eigenvalue weighted by atomic mass is 10.2. The molecular formula is C10H8Cl2NO3-. The zero-order valence-corrected chi connectivity index (χ0v) is 9.64. The van der Waals surface area contributed by atoms with Crippen molar-refractivity contribution in [3.8, 4) is 0 Å². The Hall–Kier alpha value is -1.26. The molecule has 6 heteroatoms. The van der Waals surface area contributed by atoms with Crippen LogP contribution in [0.4, 0.5) is 5.69 Å². The minimum Gasteiger partial charge on any atom is -0.550 e. The van der Waals surface area contributed by atoms with Gasteiger partial charge in [0.25, 0.3) is 0 Å². The van der Waals surface area contributed by atoms with Gasteiger partial charge in [-0.05, 0) is 24.6 Å². The molecule has 0 bridgehead atoms. The average molecular weight is 261 g/mol. The Bertz CT molecular complexity index is 400. The molecule has 86 valence electrons. The standard InChI is InChI=1S/C10H9Cl2NO3/c11-6-3-7(12)5-8(4-6)13-9(14)1-2-10(15)16/h3-5H,1-2H2,(H,13,14)(H,15,16)/p-1. The van der Waals surface area contributed by atoms with E-state index in [-0.39, 0.29) is 12.8 Å². The van der Waals surface area contributed by atoms with Crippen LogP contribution < -0.4 is 10.4 Å². The van der Waals surface area contributed by atoms with E-state index in [1.165, 1.54) is 18.2 Å². The summed E-state index contributed by atoms with van der Waals surface area (Å²) in [6.45, 7) is 0. The number of carboxylic acids is 1. The van der Waals surface area contributed by atoms with E-state index in [9.17, 15) is 14.7 Å². The summed E-state index contributed by atoms with van der Waals surface area (Å²) in [5.41, 5.74) is 0.431. The number of nitrogens with one attached hydrogen (secondary N) is 1. The van der Waals surface area contributed by atoms with Gasteiger partial charge in [0, 0.05) is 28.1 Å². The predicted octanol–water partition coefficient (Wildman–Crippen LogP) is 1.46.